The van der Waals surface area contributed by atoms with Crippen LogP contribution in [-0.4, -0.2) is 118 Å². The van der Waals surface area contributed by atoms with Crippen molar-refractivity contribution >= 4 is 23.9 Å². The van der Waals surface area contributed by atoms with Crippen LogP contribution in [0.4, 0.5) is 8.78 Å². The van der Waals surface area contributed by atoms with Gasteiger partial charge in [0.1, 0.15) is 22.8 Å². The first-order chi connectivity index (χ1) is 37.0. The number of carbonyl (C=O) groups is 4. The summed E-state index contributed by atoms with van der Waals surface area (Å²) in [4.78, 5) is 51.4. The number of carbonyl (C=O) groups excluding carboxylic acids is 2. The molecule has 0 aliphatic rings. The second-order valence-corrected chi connectivity index (χ2v) is 18.9. The largest absolute Gasteiger partial charge is 0.478 e. The molecule has 0 fully saturated rings. The molecule has 6 N–H and O–H groups in total. The number of nitriles is 2. The standard InChI is InChI=1S/2C20H23FN2O2.C20H18O8/c2*1-23(2)11-3-10-20(25,17-5-7-18(21)8-6-17)19-9-4-15(13-22)12-16(19)14-24;1-11-3-7-13(8-4-11)19(25)27-15(17(21)22)16(18(23)24)28-20(26)14-9-5-12(2)6-10-14/h2*4-9,12,24-25H,3,10-11,14H2,1-2H3;3-10,15-16H,1-2H3,(H,21,22)(H,23,24)/t2*20-;/m00./s1. The number of esters is 2. The van der Waals surface area contributed by atoms with E-state index in [9.17, 15) is 58.6 Å². The van der Waals surface area contributed by atoms with Gasteiger partial charge >= 0.3 is 23.9 Å². The number of halogens is 2. The van der Waals surface area contributed by atoms with Gasteiger partial charge in [-0.25, -0.2) is 28.0 Å². The van der Waals surface area contributed by atoms with E-state index in [0.717, 1.165) is 24.2 Å². The Morgan fingerprint density at radius 3 is 1.13 bits per heavy atom. The normalized spacial score (nSPS) is 13.1. The number of aliphatic carboxylic acids is 2. The summed E-state index contributed by atoms with van der Waals surface area (Å²) in [6, 6.07) is 37.4. The second kappa shape index (κ2) is 29.4. The molecule has 0 bridgehead atoms. The van der Waals surface area contributed by atoms with Crippen LogP contribution in [0.25, 0.3) is 0 Å². The summed E-state index contributed by atoms with van der Waals surface area (Å²) in [5.74, 6) is -6.37. The maximum atomic E-state index is 13.3. The lowest BCUT2D eigenvalue weighted by Crippen LogP contribution is -2.45. The van der Waals surface area contributed by atoms with Gasteiger partial charge in [-0.15, -0.1) is 0 Å². The average Bonchev–Trinajstić information content (AvgIpc) is 3.47. The SMILES string of the molecule is CN(C)CCC[C@](O)(c1ccc(F)cc1)c1ccc(C#N)cc1CO.CN(C)CCC[C@](O)(c1ccc(F)cc1)c1ccc(C#N)cc1CO.Cc1ccc(C(=O)OC(C(=O)O)C(OC(=O)c2ccc(C)cc2)C(=O)O)cc1. The minimum absolute atomic E-state index is 0.0332. The van der Waals surface area contributed by atoms with Gasteiger partial charge in [0, 0.05) is 0 Å². The van der Waals surface area contributed by atoms with Crippen LogP contribution in [0, 0.1) is 48.1 Å². The molecule has 6 rings (SSSR count). The van der Waals surface area contributed by atoms with Gasteiger partial charge < -0.3 is 49.9 Å². The number of carboxylic acids is 2. The summed E-state index contributed by atoms with van der Waals surface area (Å²) in [5, 5.41) is 79.2. The van der Waals surface area contributed by atoms with E-state index in [2.05, 4.69) is 0 Å². The lowest BCUT2D eigenvalue weighted by Gasteiger charge is -2.32. The number of benzene rings is 6. The predicted molar refractivity (Wildman–Crippen MR) is 285 cm³/mol. The zero-order chi connectivity index (χ0) is 57.7. The first-order valence-corrected chi connectivity index (χ1v) is 24.6. The van der Waals surface area contributed by atoms with Crippen molar-refractivity contribution in [3.05, 3.63) is 212 Å². The highest BCUT2D eigenvalue weighted by molar-refractivity contribution is 5.95. The Morgan fingerprint density at radius 2 is 0.859 bits per heavy atom. The van der Waals surface area contributed by atoms with Gasteiger partial charge in [0.15, 0.2) is 0 Å². The molecule has 6 aromatic carbocycles. The Morgan fingerprint density at radius 1 is 0.538 bits per heavy atom. The van der Waals surface area contributed by atoms with Gasteiger partial charge in [-0.3, -0.25) is 0 Å². The number of aryl methyl sites for hydroxylation is 2. The molecular weight excluding hydrogens is 1010 g/mol. The van der Waals surface area contributed by atoms with Gasteiger partial charge in [-0.1, -0.05) is 71.8 Å². The zero-order valence-corrected chi connectivity index (χ0v) is 44.2. The van der Waals surface area contributed by atoms with Crippen LogP contribution in [-0.2, 0) is 43.5 Å². The van der Waals surface area contributed by atoms with Crippen molar-refractivity contribution in [3.8, 4) is 12.1 Å². The van der Waals surface area contributed by atoms with Gasteiger partial charge in [0.05, 0.1) is 47.6 Å². The predicted octanol–water partition coefficient (Wildman–Crippen LogP) is 7.76. The summed E-state index contributed by atoms with van der Waals surface area (Å²) in [6.07, 6.45) is -2.19. The Balaban J connectivity index is 0.000000253. The molecule has 2 unspecified atom stereocenters. The molecule has 0 aliphatic heterocycles. The van der Waals surface area contributed by atoms with E-state index in [4.69, 9.17) is 20.0 Å². The Labute approximate surface area is 452 Å². The number of hydrogen-bond donors (Lipinski definition) is 6. The topological polar surface area (TPSA) is 262 Å². The molecular formula is C60H64F2N4O12. The Kier molecular flexibility index (Phi) is 23.5. The summed E-state index contributed by atoms with van der Waals surface area (Å²) in [7, 11) is 7.82. The molecule has 0 aromatic heterocycles. The third kappa shape index (κ3) is 17.4. The number of nitrogens with zero attached hydrogens (tertiary/aromatic N) is 4. The van der Waals surface area contributed by atoms with Crippen LogP contribution < -0.4 is 0 Å². The highest BCUT2D eigenvalue weighted by Crippen LogP contribution is 2.38. The van der Waals surface area contributed by atoms with E-state index < -0.39 is 47.3 Å². The lowest BCUT2D eigenvalue weighted by molar-refractivity contribution is -0.166. The molecule has 0 amide bonds. The molecule has 0 saturated carbocycles. The van der Waals surface area contributed by atoms with Crippen molar-refractivity contribution < 1.29 is 68.1 Å². The number of carboxylic acid groups (broad SMARTS) is 2. The smallest absolute Gasteiger partial charge is 0.349 e. The first-order valence-electron chi connectivity index (χ1n) is 24.6. The van der Waals surface area contributed by atoms with E-state index in [-0.39, 0.29) is 36.0 Å². The lowest BCUT2D eigenvalue weighted by atomic mass is 9.80. The second-order valence-electron chi connectivity index (χ2n) is 18.9. The van der Waals surface area contributed by atoms with E-state index in [1.807, 2.05) is 50.1 Å². The van der Waals surface area contributed by atoms with Crippen LogP contribution in [0.1, 0.15) is 102 Å². The van der Waals surface area contributed by atoms with Gasteiger partial charge in [-0.05, 0) is 187 Å². The van der Waals surface area contributed by atoms with Crippen LogP contribution in [0.2, 0.25) is 0 Å². The molecule has 78 heavy (non-hydrogen) atoms. The summed E-state index contributed by atoms with van der Waals surface area (Å²) < 4.78 is 36.3. The minimum Gasteiger partial charge on any atom is -0.478 e. The molecule has 18 heteroatoms. The monoisotopic (exact) mass is 1070 g/mol. The van der Waals surface area contributed by atoms with Gasteiger partial charge in [-0.2, -0.15) is 10.5 Å². The summed E-state index contributed by atoms with van der Waals surface area (Å²) in [6.45, 7) is 4.58. The fourth-order valence-electron chi connectivity index (χ4n) is 8.25. The third-order valence-electron chi connectivity index (χ3n) is 12.4. The fourth-order valence-corrected chi connectivity index (χ4v) is 8.25. The number of rotatable bonds is 21. The Bertz CT molecular complexity index is 2840. The van der Waals surface area contributed by atoms with E-state index in [1.54, 1.807) is 98.8 Å². The van der Waals surface area contributed by atoms with E-state index in [1.165, 1.54) is 48.5 Å². The fraction of sp³-hybridized carbons (Fsp3) is 0.300. The Hall–Kier alpha value is -8.20. The molecule has 4 atom stereocenters. The zero-order valence-electron chi connectivity index (χ0n) is 44.2. The van der Waals surface area contributed by atoms with Crippen molar-refractivity contribution in [2.24, 2.45) is 0 Å². The molecule has 0 spiro atoms. The summed E-state index contributed by atoms with van der Waals surface area (Å²) >= 11 is 0. The average molecular weight is 1070 g/mol. The van der Waals surface area contributed by atoms with Crippen molar-refractivity contribution in [1.29, 1.82) is 10.5 Å². The van der Waals surface area contributed by atoms with Crippen molar-refractivity contribution in [3.63, 3.8) is 0 Å². The summed E-state index contributed by atoms with van der Waals surface area (Å²) in [5.41, 5.74) is 3.10. The molecule has 410 valence electrons. The number of hydrogen-bond acceptors (Lipinski definition) is 14. The maximum Gasteiger partial charge on any atom is 0.349 e. The number of aliphatic hydroxyl groups is 4. The molecule has 6 aromatic rings. The maximum absolute atomic E-state index is 13.3. The van der Waals surface area contributed by atoms with Gasteiger partial charge in [0.2, 0.25) is 12.2 Å². The minimum atomic E-state index is -2.22. The number of ether oxygens (including phenoxy) is 2. The molecule has 0 saturated heterocycles. The van der Waals surface area contributed by atoms with Crippen LogP contribution in [0.15, 0.2) is 133 Å². The molecule has 16 nitrogen and oxygen atoms in total. The van der Waals surface area contributed by atoms with Crippen LogP contribution in [0.3, 0.4) is 0 Å². The quantitative estimate of drug-likeness (QED) is 0.0376. The first kappa shape index (κ1) is 62.3. The van der Waals surface area contributed by atoms with Gasteiger partial charge in [0.25, 0.3) is 0 Å². The molecule has 0 heterocycles. The van der Waals surface area contributed by atoms with Crippen LogP contribution >= 0.6 is 0 Å². The highest BCUT2D eigenvalue weighted by atomic mass is 19.1. The van der Waals surface area contributed by atoms with Crippen molar-refractivity contribution in [2.75, 3.05) is 41.3 Å². The highest BCUT2D eigenvalue weighted by Gasteiger charge is 2.41. The van der Waals surface area contributed by atoms with Crippen LogP contribution in [0.5, 0.6) is 0 Å². The molecule has 0 radical (unpaired) electrons. The number of aliphatic hydroxyl groups excluding tert-OH is 2. The third-order valence-corrected chi connectivity index (χ3v) is 12.4. The molecule has 0 aliphatic carbocycles. The van der Waals surface area contributed by atoms with E-state index in [0.29, 0.717) is 70.2 Å². The van der Waals surface area contributed by atoms with Crippen molar-refractivity contribution in [1.82, 2.24) is 9.80 Å². The van der Waals surface area contributed by atoms with Crippen molar-refractivity contribution in [2.45, 2.75) is 76.2 Å². The van der Waals surface area contributed by atoms with E-state index >= 15 is 0 Å².